The van der Waals surface area contributed by atoms with Crippen molar-refractivity contribution in [2.24, 2.45) is 0 Å². The van der Waals surface area contributed by atoms with E-state index in [4.69, 9.17) is 28.6 Å². The van der Waals surface area contributed by atoms with Crippen LogP contribution in [0.3, 0.4) is 0 Å². The van der Waals surface area contributed by atoms with Gasteiger partial charge in [0.1, 0.15) is 5.75 Å². The number of anilines is 1. The SMILES string of the molecule is Cc1cccc(C(=O)Nc2ccc(C(=O)NNC(=S)NC(=O)COc3ccccc3Cl)cc2)c1. The van der Waals surface area contributed by atoms with Crippen molar-refractivity contribution < 1.29 is 19.1 Å². The number of nitrogens with one attached hydrogen (secondary N) is 4. The number of amides is 3. The summed E-state index contributed by atoms with van der Waals surface area (Å²) in [5.41, 5.74) is 7.21. The highest BCUT2D eigenvalue weighted by molar-refractivity contribution is 7.80. The highest BCUT2D eigenvalue weighted by atomic mass is 35.5. The first-order valence-electron chi connectivity index (χ1n) is 10.1. The number of ether oxygens (including phenoxy) is 1. The van der Waals surface area contributed by atoms with E-state index in [0.29, 0.717) is 27.6 Å². The fourth-order valence-electron chi connectivity index (χ4n) is 2.78. The molecule has 8 nitrogen and oxygen atoms in total. The van der Waals surface area contributed by atoms with Gasteiger partial charge in [0.15, 0.2) is 11.7 Å². The summed E-state index contributed by atoms with van der Waals surface area (Å²) >= 11 is 11.0. The Kier molecular flexibility index (Phi) is 8.55. The van der Waals surface area contributed by atoms with Crippen molar-refractivity contribution in [3.8, 4) is 5.75 Å². The number of carbonyl (C=O) groups excluding carboxylic acids is 3. The number of hydrogen-bond acceptors (Lipinski definition) is 5. The van der Waals surface area contributed by atoms with Crippen LogP contribution in [-0.4, -0.2) is 29.4 Å². The molecule has 0 spiro atoms. The summed E-state index contributed by atoms with van der Waals surface area (Å²) in [5, 5.41) is 5.42. The minimum atomic E-state index is -0.527. The summed E-state index contributed by atoms with van der Waals surface area (Å²) < 4.78 is 5.32. The molecule has 0 aliphatic heterocycles. The van der Waals surface area contributed by atoms with Crippen LogP contribution < -0.4 is 26.2 Å². The summed E-state index contributed by atoms with van der Waals surface area (Å²) in [6.07, 6.45) is 0. The number of hydrazine groups is 1. The van der Waals surface area contributed by atoms with Gasteiger partial charge >= 0.3 is 0 Å². The molecule has 10 heteroatoms. The Labute approximate surface area is 206 Å². The standard InChI is InChI=1S/C24H21ClN4O4S/c1-15-5-4-6-17(13-15)22(31)26-18-11-9-16(10-12-18)23(32)28-29-24(34)27-21(30)14-33-20-8-3-2-7-19(20)25/h2-13H,14H2,1H3,(H,26,31)(H,28,32)(H2,27,29,30,34). The minimum Gasteiger partial charge on any atom is -0.482 e. The average Bonchev–Trinajstić information content (AvgIpc) is 2.82. The van der Waals surface area contributed by atoms with Gasteiger partial charge in [-0.15, -0.1) is 0 Å². The van der Waals surface area contributed by atoms with Crippen LogP contribution in [0.5, 0.6) is 5.75 Å². The second-order valence-electron chi connectivity index (χ2n) is 7.08. The molecule has 3 rings (SSSR count). The lowest BCUT2D eigenvalue weighted by atomic mass is 10.1. The van der Waals surface area contributed by atoms with Gasteiger partial charge in [-0.1, -0.05) is 41.4 Å². The number of aryl methyl sites for hydroxylation is 1. The smallest absolute Gasteiger partial charge is 0.269 e. The van der Waals surface area contributed by atoms with Crippen molar-refractivity contribution in [1.82, 2.24) is 16.2 Å². The molecule has 0 bridgehead atoms. The maximum absolute atomic E-state index is 12.3. The van der Waals surface area contributed by atoms with E-state index in [0.717, 1.165) is 5.56 Å². The Bertz CT molecular complexity index is 1220. The minimum absolute atomic E-state index is 0.108. The first-order chi connectivity index (χ1) is 16.3. The number of benzene rings is 3. The van der Waals surface area contributed by atoms with Gasteiger partial charge in [0.2, 0.25) is 0 Å². The van der Waals surface area contributed by atoms with Crippen molar-refractivity contribution in [3.63, 3.8) is 0 Å². The molecule has 0 unspecified atom stereocenters. The van der Waals surface area contributed by atoms with Crippen LogP contribution in [0.2, 0.25) is 5.02 Å². The normalized spacial score (nSPS) is 10.1. The predicted molar refractivity (Wildman–Crippen MR) is 134 cm³/mol. The molecule has 0 saturated carbocycles. The Morgan fingerprint density at radius 1 is 0.882 bits per heavy atom. The molecule has 0 radical (unpaired) electrons. The molecule has 0 atom stereocenters. The number of carbonyl (C=O) groups is 3. The number of thiocarbonyl (C=S) groups is 1. The summed E-state index contributed by atoms with van der Waals surface area (Å²) in [6, 6.07) is 20.3. The second-order valence-corrected chi connectivity index (χ2v) is 7.89. The van der Waals surface area contributed by atoms with E-state index in [1.165, 1.54) is 0 Å². The molecule has 3 aromatic rings. The van der Waals surface area contributed by atoms with Crippen LogP contribution in [0, 0.1) is 6.92 Å². The Hall–Kier alpha value is -3.95. The van der Waals surface area contributed by atoms with Gasteiger partial charge in [0.05, 0.1) is 5.02 Å². The third kappa shape index (κ3) is 7.29. The zero-order valence-corrected chi connectivity index (χ0v) is 19.6. The molecule has 0 saturated heterocycles. The second kappa shape index (κ2) is 11.8. The molecule has 3 amide bonds. The topological polar surface area (TPSA) is 109 Å². The van der Waals surface area contributed by atoms with Gasteiger partial charge in [0, 0.05) is 16.8 Å². The molecule has 0 aliphatic rings. The molecular weight excluding hydrogens is 476 g/mol. The quantitative estimate of drug-likeness (QED) is 0.306. The fraction of sp³-hybridized carbons (Fsp3) is 0.0833. The van der Waals surface area contributed by atoms with E-state index >= 15 is 0 Å². The lowest BCUT2D eigenvalue weighted by Gasteiger charge is -2.12. The lowest BCUT2D eigenvalue weighted by molar-refractivity contribution is -0.121. The monoisotopic (exact) mass is 496 g/mol. The van der Waals surface area contributed by atoms with Gasteiger partial charge in [-0.3, -0.25) is 30.6 Å². The van der Waals surface area contributed by atoms with Crippen LogP contribution in [0.15, 0.2) is 72.8 Å². The molecule has 0 aliphatic carbocycles. The van der Waals surface area contributed by atoms with E-state index in [-0.39, 0.29) is 17.6 Å². The average molecular weight is 497 g/mol. The van der Waals surface area contributed by atoms with Crippen LogP contribution in [0.4, 0.5) is 5.69 Å². The molecular formula is C24H21ClN4O4S. The highest BCUT2D eigenvalue weighted by Gasteiger charge is 2.11. The maximum Gasteiger partial charge on any atom is 0.269 e. The summed E-state index contributed by atoms with van der Waals surface area (Å²) in [6.45, 7) is 1.60. The third-order valence-electron chi connectivity index (χ3n) is 4.42. The largest absolute Gasteiger partial charge is 0.482 e. The number of rotatable bonds is 6. The zero-order chi connectivity index (χ0) is 24.5. The molecule has 3 aromatic carbocycles. The van der Waals surface area contributed by atoms with E-state index in [1.807, 2.05) is 19.1 Å². The van der Waals surface area contributed by atoms with Gasteiger partial charge in [-0.05, 0) is 67.7 Å². The maximum atomic E-state index is 12.3. The van der Waals surface area contributed by atoms with Gasteiger partial charge in [-0.2, -0.15) is 0 Å². The van der Waals surface area contributed by atoms with Crippen molar-refractivity contribution in [2.45, 2.75) is 6.92 Å². The molecule has 4 N–H and O–H groups in total. The molecule has 0 fully saturated rings. The molecule has 0 heterocycles. The molecule has 34 heavy (non-hydrogen) atoms. The van der Waals surface area contributed by atoms with Crippen LogP contribution in [-0.2, 0) is 4.79 Å². The van der Waals surface area contributed by atoms with Crippen LogP contribution in [0.25, 0.3) is 0 Å². The summed E-state index contributed by atoms with van der Waals surface area (Å²) in [4.78, 5) is 36.6. The summed E-state index contributed by atoms with van der Waals surface area (Å²) in [5.74, 6) is -0.895. The van der Waals surface area contributed by atoms with Crippen LogP contribution >= 0.6 is 23.8 Å². The zero-order valence-electron chi connectivity index (χ0n) is 18.1. The van der Waals surface area contributed by atoms with Crippen molar-refractivity contribution >= 4 is 52.3 Å². The third-order valence-corrected chi connectivity index (χ3v) is 4.94. The van der Waals surface area contributed by atoms with E-state index in [1.54, 1.807) is 60.7 Å². The summed E-state index contributed by atoms with van der Waals surface area (Å²) in [7, 11) is 0. The first kappa shape index (κ1) is 24.7. The number of hydrogen-bond donors (Lipinski definition) is 4. The van der Waals surface area contributed by atoms with Gasteiger partial charge in [0.25, 0.3) is 17.7 Å². The molecule has 0 aromatic heterocycles. The van der Waals surface area contributed by atoms with Gasteiger partial charge in [-0.25, -0.2) is 0 Å². The Morgan fingerprint density at radius 2 is 1.62 bits per heavy atom. The van der Waals surface area contributed by atoms with E-state index in [2.05, 4.69) is 21.5 Å². The number of halogens is 1. The van der Waals surface area contributed by atoms with E-state index < -0.39 is 11.8 Å². The lowest BCUT2D eigenvalue weighted by Crippen LogP contribution is -2.49. The van der Waals surface area contributed by atoms with Crippen LogP contribution in [0.1, 0.15) is 26.3 Å². The van der Waals surface area contributed by atoms with Crippen molar-refractivity contribution in [2.75, 3.05) is 11.9 Å². The van der Waals surface area contributed by atoms with Crippen molar-refractivity contribution in [3.05, 3.63) is 94.5 Å². The fourth-order valence-corrected chi connectivity index (χ4v) is 3.13. The molecule has 174 valence electrons. The van der Waals surface area contributed by atoms with E-state index in [9.17, 15) is 14.4 Å². The highest BCUT2D eigenvalue weighted by Crippen LogP contribution is 2.22. The number of para-hydroxylation sites is 1. The van der Waals surface area contributed by atoms with Crippen molar-refractivity contribution in [1.29, 1.82) is 0 Å². The van der Waals surface area contributed by atoms with Gasteiger partial charge < -0.3 is 10.1 Å². The first-order valence-corrected chi connectivity index (χ1v) is 10.9. The predicted octanol–water partition coefficient (Wildman–Crippen LogP) is 3.62. The Morgan fingerprint density at radius 3 is 2.32 bits per heavy atom. The Balaban J connectivity index is 1.43.